The lowest BCUT2D eigenvalue weighted by Crippen LogP contribution is -2.63. The van der Waals surface area contributed by atoms with Gasteiger partial charge in [-0.05, 0) is 19.8 Å². The fourth-order valence-corrected chi connectivity index (χ4v) is 3.71. The molecule has 2 atom stereocenters. The molecule has 0 bridgehead atoms. The molecule has 1 nitrogen and oxygen atoms in total. The van der Waals surface area contributed by atoms with Crippen LogP contribution in [0.4, 0.5) is 0 Å². The van der Waals surface area contributed by atoms with Crippen molar-refractivity contribution in [3.05, 3.63) is 0 Å². The van der Waals surface area contributed by atoms with E-state index in [0.717, 1.165) is 12.0 Å². The maximum Gasteiger partial charge on any atom is 0.0958 e. The molecule has 0 saturated carbocycles. The molecule has 0 radical (unpaired) electrons. The third kappa shape index (κ3) is 1.95. The third-order valence-corrected chi connectivity index (χ3v) is 5.38. The Hall–Kier alpha value is -0.0400. The first kappa shape index (κ1) is 13.0. The number of rotatable bonds is 4. The van der Waals surface area contributed by atoms with Crippen LogP contribution in [0.1, 0.15) is 60.3 Å². The first-order valence-corrected chi connectivity index (χ1v) is 6.76. The molecule has 1 aliphatic rings. The van der Waals surface area contributed by atoms with E-state index in [1.54, 1.807) is 0 Å². The normalized spacial score (nSPS) is 32.6. The highest BCUT2D eigenvalue weighted by molar-refractivity contribution is 4.81. The largest absolute Gasteiger partial charge is 0.319 e. The van der Waals surface area contributed by atoms with E-state index >= 15 is 0 Å². The Morgan fingerprint density at radius 1 is 1.27 bits per heavy atom. The molecule has 15 heavy (non-hydrogen) atoms. The third-order valence-electron chi connectivity index (χ3n) is 5.38. The van der Waals surface area contributed by atoms with Crippen molar-refractivity contribution < 1.29 is 4.48 Å². The van der Waals surface area contributed by atoms with E-state index < -0.39 is 0 Å². The molecule has 2 unspecified atom stereocenters. The van der Waals surface area contributed by atoms with Gasteiger partial charge in [0.15, 0.2) is 0 Å². The second kappa shape index (κ2) is 4.45. The van der Waals surface area contributed by atoms with Crippen LogP contribution in [0.5, 0.6) is 0 Å². The fraction of sp³-hybridized carbons (Fsp3) is 1.00. The van der Waals surface area contributed by atoms with Crippen molar-refractivity contribution in [2.75, 3.05) is 13.6 Å². The lowest BCUT2D eigenvalue weighted by atomic mass is 9.87. The van der Waals surface area contributed by atoms with Gasteiger partial charge in [0.05, 0.1) is 25.2 Å². The number of quaternary nitrogens is 1. The monoisotopic (exact) mass is 212 g/mol. The van der Waals surface area contributed by atoms with Gasteiger partial charge in [-0.3, -0.25) is 0 Å². The smallest absolute Gasteiger partial charge is 0.0958 e. The van der Waals surface area contributed by atoms with Crippen LogP contribution in [0, 0.1) is 5.92 Å². The van der Waals surface area contributed by atoms with Crippen molar-refractivity contribution in [1.29, 1.82) is 0 Å². The number of nitrogens with zero attached hydrogens (tertiary/aromatic N) is 1. The number of hydrogen-bond acceptors (Lipinski definition) is 0. The fourth-order valence-electron chi connectivity index (χ4n) is 3.71. The van der Waals surface area contributed by atoms with Gasteiger partial charge in [0, 0.05) is 18.8 Å². The highest BCUT2D eigenvalue weighted by Gasteiger charge is 2.50. The summed E-state index contributed by atoms with van der Waals surface area (Å²) in [4.78, 5) is 0. The molecule has 1 aliphatic heterocycles. The van der Waals surface area contributed by atoms with Crippen LogP contribution in [-0.2, 0) is 0 Å². The summed E-state index contributed by atoms with van der Waals surface area (Å²) >= 11 is 0. The van der Waals surface area contributed by atoms with E-state index in [4.69, 9.17) is 0 Å². The summed E-state index contributed by atoms with van der Waals surface area (Å²) in [5, 5.41) is 0. The molecule has 0 aliphatic carbocycles. The summed E-state index contributed by atoms with van der Waals surface area (Å²) in [6.45, 7) is 13.4. The molecule has 1 fully saturated rings. The molecule has 1 saturated heterocycles. The average Bonchev–Trinajstić information content (AvgIpc) is 2.60. The maximum atomic E-state index is 2.50. The van der Waals surface area contributed by atoms with Crippen LogP contribution in [0.2, 0.25) is 0 Å². The van der Waals surface area contributed by atoms with Crippen LogP contribution in [0.3, 0.4) is 0 Å². The predicted molar refractivity (Wildman–Crippen MR) is 67.9 cm³/mol. The molecular weight excluding hydrogens is 182 g/mol. The van der Waals surface area contributed by atoms with Crippen LogP contribution in [0.15, 0.2) is 0 Å². The van der Waals surface area contributed by atoms with Crippen LogP contribution < -0.4 is 0 Å². The Morgan fingerprint density at radius 3 is 2.20 bits per heavy atom. The van der Waals surface area contributed by atoms with Gasteiger partial charge in [-0.1, -0.05) is 27.7 Å². The molecular formula is C14H30N+. The predicted octanol–water partition coefficient (Wildman–Crippen LogP) is 3.83. The van der Waals surface area contributed by atoms with Crippen molar-refractivity contribution >= 4 is 0 Å². The minimum absolute atomic E-state index is 0.492. The summed E-state index contributed by atoms with van der Waals surface area (Å²) < 4.78 is 1.32. The van der Waals surface area contributed by atoms with Crippen molar-refractivity contribution in [2.24, 2.45) is 5.92 Å². The molecule has 0 aromatic heterocycles. The summed E-state index contributed by atoms with van der Waals surface area (Å²) in [5.41, 5.74) is 0.492. The Morgan fingerprint density at radius 2 is 1.80 bits per heavy atom. The van der Waals surface area contributed by atoms with Crippen molar-refractivity contribution in [1.82, 2.24) is 0 Å². The average molecular weight is 212 g/mol. The minimum Gasteiger partial charge on any atom is -0.319 e. The number of likely N-dealkylation sites (tertiary alicyclic amines) is 1. The van der Waals surface area contributed by atoms with Gasteiger partial charge in [-0.25, -0.2) is 0 Å². The van der Waals surface area contributed by atoms with E-state index in [1.807, 2.05) is 0 Å². The highest BCUT2D eigenvalue weighted by Crippen LogP contribution is 2.41. The van der Waals surface area contributed by atoms with Gasteiger partial charge >= 0.3 is 0 Å². The first-order valence-electron chi connectivity index (χ1n) is 6.76. The Labute approximate surface area is 96.4 Å². The SMILES string of the molecule is CCC(C)(CC)[N+]1(C)CCCC1C(C)C. The lowest BCUT2D eigenvalue weighted by molar-refractivity contribution is -0.971. The number of hydrogen-bond donors (Lipinski definition) is 0. The Kier molecular flexibility index (Phi) is 3.86. The van der Waals surface area contributed by atoms with E-state index in [9.17, 15) is 0 Å². The topological polar surface area (TPSA) is 0 Å². The molecule has 0 aromatic carbocycles. The molecule has 90 valence electrons. The van der Waals surface area contributed by atoms with Crippen molar-refractivity contribution in [3.63, 3.8) is 0 Å². The van der Waals surface area contributed by atoms with E-state index in [-0.39, 0.29) is 0 Å². The quantitative estimate of drug-likeness (QED) is 0.621. The zero-order valence-electron chi connectivity index (χ0n) is 11.6. The molecule has 1 heterocycles. The van der Waals surface area contributed by atoms with Gasteiger partial charge in [0.1, 0.15) is 0 Å². The summed E-state index contributed by atoms with van der Waals surface area (Å²) in [6.07, 6.45) is 5.48. The van der Waals surface area contributed by atoms with E-state index in [0.29, 0.717) is 5.54 Å². The van der Waals surface area contributed by atoms with Gasteiger partial charge in [-0.2, -0.15) is 0 Å². The molecule has 0 N–H and O–H groups in total. The minimum atomic E-state index is 0.492. The standard InChI is InChI=1S/C14H30N/c1-7-14(5,8-2)15(6)11-9-10-13(15)12(3)4/h12-13H,7-11H2,1-6H3/q+1. The Bertz CT molecular complexity index is 205. The van der Waals surface area contributed by atoms with E-state index in [2.05, 4.69) is 41.7 Å². The zero-order chi connectivity index (χ0) is 11.7. The van der Waals surface area contributed by atoms with Crippen LogP contribution in [0.25, 0.3) is 0 Å². The first-order chi connectivity index (χ1) is 6.91. The molecule has 1 rings (SSSR count). The maximum absolute atomic E-state index is 2.50. The Balaban J connectivity index is 2.97. The molecule has 0 amide bonds. The van der Waals surface area contributed by atoms with Gasteiger partial charge in [-0.15, -0.1) is 0 Å². The van der Waals surface area contributed by atoms with Crippen molar-refractivity contribution in [3.8, 4) is 0 Å². The summed E-state index contributed by atoms with van der Waals surface area (Å²) in [6, 6.07) is 0.884. The second-order valence-corrected chi connectivity index (χ2v) is 6.15. The molecule has 0 spiro atoms. The molecule has 1 heteroatoms. The molecule has 0 aromatic rings. The zero-order valence-corrected chi connectivity index (χ0v) is 11.6. The van der Waals surface area contributed by atoms with E-state index in [1.165, 1.54) is 36.7 Å². The summed E-state index contributed by atoms with van der Waals surface area (Å²) in [7, 11) is 2.50. The van der Waals surface area contributed by atoms with Gasteiger partial charge in [0.2, 0.25) is 0 Å². The van der Waals surface area contributed by atoms with Gasteiger partial charge in [0.25, 0.3) is 0 Å². The van der Waals surface area contributed by atoms with Crippen molar-refractivity contribution in [2.45, 2.75) is 71.9 Å². The summed E-state index contributed by atoms with van der Waals surface area (Å²) in [5.74, 6) is 0.829. The second-order valence-electron chi connectivity index (χ2n) is 6.15. The van der Waals surface area contributed by atoms with Crippen LogP contribution in [-0.4, -0.2) is 29.7 Å². The lowest BCUT2D eigenvalue weighted by Gasteiger charge is -2.51. The highest BCUT2D eigenvalue weighted by atomic mass is 15.4. The van der Waals surface area contributed by atoms with Crippen LogP contribution >= 0.6 is 0 Å². The van der Waals surface area contributed by atoms with Gasteiger partial charge < -0.3 is 4.48 Å².